The van der Waals surface area contributed by atoms with Gasteiger partial charge in [-0.15, -0.1) is 0 Å². The first-order valence-electron chi connectivity index (χ1n) is 7.31. The van der Waals surface area contributed by atoms with Crippen LogP contribution in [0.5, 0.6) is 0 Å². The number of allylic oxidation sites excluding steroid dienone is 3. The SMILES string of the molecule is O=CC1=C(Cl)C(=CN2CCc3ccccc32)c2ccccc21. The van der Waals surface area contributed by atoms with Crippen molar-refractivity contribution in [2.75, 3.05) is 11.4 Å². The standard InChI is InChI=1S/C19H14ClNO/c20-19-16(14-6-2-3-7-15(14)17(19)12-22)11-21-10-9-13-5-1-4-8-18(13)21/h1-8,11-12H,9-10H2. The van der Waals surface area contributed by atoms with E-state index in [1.54, 1.807) is 0 Å². The number of para-hydroxylation sites is 1. The van der Waals surface area contributed by atoms with Crippen molar-refractivity contribution in [3.63, 3.8) is 0 Å². The third-order valence-electron chi connectivity index (χ3n) is 4.31. The molecule has 0 bridgehead atoms. The van der Waals surface area contributed by atoms with Crippen molar-refractivity contribution in [3.05, 3.63) is 76.5 Å². The molecule has 22 heavy (non-hydrogen) atoms. The highest BCUT2D eigenvalue weighted by atomic mass is 35.5. The van der Waals surface area contributed by atoms with E-state index in [1.165, 1.54) is 11.3 Å². The van der Waals surface area contributed by atoms with E-state index >= 15 is 0 Å². The molecular weight excluding hydrogens is 294 g/mol. The Morgan fingerprint density at radius 2 is 1.73 bits per heavy atom. The largest absolute Gasteiger partial charge is 0.347 e. The van der Waals surface area contributed by atoms with Gasteiger partial charge in [-0.3, -0.25) is 4.79 Å². The lowest BCUT2D eigenvalue weighted by molar-refractivity contribution is -0.103. The number of fused-ring (bicyclic) bond motifs is 2. The number of carbonyl (C=O) groups excluding carboxylic acids is 1. The summed E-state index contributed by atoms with van der Waals surface area (Å²) in [4.78, 5) is 13.6. The smallest absolute Gasteiger partial charge is 0.152 e. The van der Waals surface area contributed by atoms with Crippen LogP contribution in [0.3, 0.4) is 0 Å². The third kappa shape index (κ3) is 1.92. The van der Waals surface area contributed by atoms with Crippen LogP contribution in [0.2, 0.25) is 0 Å². The first-order chi connectivity index (χ1) is 10.8. The summed E-state index contributed by atoms with van der Waals surface area (Å²) in [6, 6.07) is 16.3. The molecule has 2 aliphatic rings. The van der Waals surface area contributed by atoms with Crippen LogP contribution in [-0.4, -0.2) is 12.8 Å². The maximum Gasteiger partial charge on any atom is 0.152 e. The molecule has 0 fully saturated rings. The minimum atomic E-state index is 0.542. The lowest BCUT2D eigenvalue weighted by Gasteiger charge is -2.16. The van der Waals surface area contributed by atoms with Crippen molar-refractivity contribution < 1.29 is 4.79 Å². The Morgan fingerprint density at radius 3 is 2.55 bits per heavy atom. The first kappa shape index (κ1) is 13.4. The van der Waals surface area contributed by atoms with E-state index in [0.29, 0.717) is 10.6 Å². The van der Waals surface area contributed by atoms with Gasteiger partial charge in [0.15, 0.2) is 6.29 Å². The van der Waals surface area contributed by atoms with Crippen molar-refractivity contribution in [2.45, 2.75) is 6.42 Å². The molecule has 2 aromatic rings. The number of hydrogen-bond donors (Lipinski definition) is 0. The lowest BCUT2D eigenvalue weighted by atomic mass is 10.1. The van der Waals surface area contributed by atoms with E-state index in [2.05, 4.69) is 29.3 Å². The van der Waals surface area contributed by atoms with Crippen LogP contribution in [0.25, 0.3) is 11.1 Å². The maximum atomic E-state index is 11.4. The van der Waals surface area contributed by atoms with Gasteiger partial charge in [0, 0.05) is 29.6 Å². The van der Waals surface area contributed by atoms with Gasteiger partial charge in [0.25, 0.3) is 0 Å². The molecule has 1 aliphatic carbocycles. The van der Waals surface area contributed by atoms with Gasteiger partial charge in [-0.1, -0.05) is 54.1 Å². The first-order valence-corrected chi connectivity index (χ1v) is 7.69. The van der Waals surface area contributed by atoms with Gasteiger partial charge < -0.3 is 4.90 Å². The van der Waals surface area contributed by atoms with Gasteiger partial charge in [-0.2, -0.15) is 0 Å². The molecule has 1 heterocycles. The summed E-state index contributed by atoms with van der Waals surface area (Å²) in [5.41, 5.74) is 6.02. The maximum absolute atomic E-state index is 11.4. The molecule has 0 spiro atoms. The molecule has 0 aromatic heterocycles. The predicted octanol–water partition coefficient (Wildman–Crippen LogP) is 4.25. The molecule has 0 unspecified atom stereocenters. The normalized spacial score (nSPS) is 17.9. The van der Waals surface area contributed by atoms with Crippen LogP contribution >= 0.6 is 11.6 Å². The number of anilines is 1. The number of carbonyl (C=O) groups is 1. The number of hydrogen-bond acceptors (Lipinski definition) is 2. The van der Waals surface area contributed by atoms with Crippen molar-refractivity contribution in [2.24, 2.45) is 0 Å². The van der Waals surface area contributed by atoms with E-state index in [4.69, 9.17) is 11.6 Å². The summed E-state index contributed by atoms with van der Waals surface area (Å²) >= 11 is 6.47. The molecule has 2 aromatic carbocycles. The Labute approximate surface area is 134 Å². The Kier molecular flexibility index (Phi) is 3.12. The van der Waals surface area contributed by atoms with E-state index in [1.807, 2.05) is 30.3 Å². The van der Waals surface area contributed by atoms with E-state index < -0.39 is 0 Å². The van der Waals surface area contributed by atoms with Crippen molar-refractivity contribution >= 4 is 34.7 Å². The van der Waals surface area contributed by atoms with Crippen LogP contribution in [-0.2, 0) is 11.2 Å². The van der Waals surface area contributed by atoms with Gasteiger partial charge in [-0.05, 0) is 29.2 Å². The van der Waals surface area contributed by atoms with Gasteiger partial charge >= 0.3 is 0 Å². The minimum absolute atomic E-state index is 0.542. The Hall–Kier alpha value is -2.32. The van der Waals surface area contributed by atoms with Crippen LogP contribution < -0.4 is 4.90 Å². The summed E-state index contributed by atoms with van der Waals surface area (Å²) in [5.74, 6) is 0. The highest BCUT2D eigenvalue weighted by Crippen LogP contribution is 2.43. The van der Waals surface area contributed by atoms with Gasteiger partial charge in [-0.25, -0.2) is 0 Å². The number of nitrogens with zero attached hydrogens (tertiary/aromatic N) is 1. The Bertz CT molecular complexity index is 835. The number of halogens is 1. The second kappa shape index (κ2) is 5.15. The second-order valence-electron chi connectivity index (χ2n) is 5.51. The van der Waals surface area contributed by atoms with Crippen LogP contribution in [0.4, 0.5) is 5.69 Å². The molecule has 0 amide bonds. The average Bonchev–Trinajstić information content (AvgIpc) is 3.08. The zero-order valence-electron chi connectivity index (χ0n) is 11.9. The van der Waals surface area contributed by atoms with E-state index in [0.717, 1.165) is 36.0 Å². The second-order valence-corrected chi connectivity index (χ2v) is 5.88. The summed E-state index contributed by atoms with van der Waals surface area (Å²) in [6.45, 7) is 0.936. The highest BCUT2D eigenvalue weighted by molar-refractivity contribution is 6.46. The fraction of sp³-hybridized carbons (Fsp3) is 0.105. The zero-order valence-corrected chi connectivity index (χ0v) is 12.7. The number of rotatable bonds is 2. The molecule has 108 valence electrons. The Morgan fingerprint density at radius 1 is 1.00 bits per heavy atom. The third-order valence-corrected chi connectivity index (χ3v) is 4.71. The molecule has 1 aliphatic heterocycles. The topological polar surface area (TPSA) is 20.3 Å². The molecule has 0 radical (unpaired) electrons. The molecule has 4 rings (SSSR count). The van der Waals surface area contributed by atoms with Crippen LogP contribution in [0.1, 0.15) is 16.7 Å². The minimum Gasteiger partial charge on any atom is -0.347 e. The fourth-order valence-corrected chi connectivity index (χ4v) is 3.53. The molecule has 2 nitrogen and oxygen atoms in total. The zero-order chi connectivity index (χ0) is 15.1. The number of benzene rings is 2. The summed E-state index contributed by atoms with van der Waals surface area (Å²) in [7, 11) is 0. The molecule has 3 heteroatoms. The highest BCUT2D eigenvalue weighted by Gasteiger charge is 2.26. The summed E-state index contributed by atoms with van der Waals surface area (Å²) in [6.07, 6.45) is 3.95. The summed E-state index contributed by atoms with van der Waals surface area (Å²) < 4.78 is 0. The lowest BCUT2D eigenvalue weighted by Crippen LogP contribution is -2.12. The quantitative estimate of drug-likeness (QED) is 0.773. The molecule has 0 saturated heterocycles. The monoisotopic (exact) mass is 307 g/mol. The van der Waals surface area contributed by atoms with Gasteiger partial charge in [0.1, 0.15) is 0 Å². The van der Waals surface area contributed by atoms with Crippen LogP contribution in [0, 0.1) is 0 Å². The van der Waals surface area contributed by atoms with Crippen molar-refractivity contribution in [1.29, 1.82) is 0 Å². The predicted molar refractivity (Wildman–Crippen MR) is 90.7 cm³/mol. The molecule has 0 saturated carbocycles. The van der Waals surface area contributed by atoms with Gasteiger partial charge in [0.05, 0.1) is 5.03 Å². The molecule has 0 N–H and O–H groups in total. The summed E-state index contributed by atoms with van der Waals surface area (Å²) in [5, 5.41) is 0.542. The van der Waals surface area contributed by atoms with Crippen molar-refractivity contribution in [3.8, 4) is 0 Å². The van der Waals surface area contributed by atoms with Crippen LogP contribution in [0.15, 0.2) is 59.8 Å². The fourth-order valence-electron chi connectivity index (χ4n) is 3.23. The van der Waals surface area contributed by atoms with Crippen molar-refractivity contribution in [1.82, 2.24) is 0 Å². The number of aldehydes is 1. The average molecular weight is 308 g/mol. The Balaban J connectivity index is 1.84. The van der Waals surface area contributed by atoms with E-state index in [9.17, 15) is 4.79 Å². The molecular formula is C19H14ClNO. The molecule has 0 atom stereocenters. The van der Waals surface area contributed by atoms with E-state index in [-0.39, 0.29) is 0 Å². The van der Waals surface area contributed by atoms with Gasteiger partial charge in [0.2, 0.25) is 0 Å².